The normalized spacial score (nSPS) is 15.2. The van der Waals surface area contributed by atoms with E-state index in [2.05, 4.69) is 28.8 Å². The van der Waals surface area contributed by atoms with Crippen molar-refractivity contribution in [2.45, 2.75) is 33.2 Å². The summed E-state index contributed by atoms with van der Waals surface area (Å²) in [6, 6.07) is 14.9. The average molecular weight is 423 g/mol. The Morgan fingerprint density at radius 1 is 1.07 bits per heavy atom. The van der Waals surface area contributed by atoms with Gasteiger partial charge in [0, 0.05) is 24.2 Å². The van der Waals surface area contributed by atoms with Crippen LogP contribution in [0.5, 0.6) is 0 Å². The average Bonchev–Trinajstić information content (AvgIpc) is 2.77. The highest BCUT2D eigenvalue weighted by Crippen LogP contribution is 2.39. The van der Waals surface area contributed by atoms with Crippen LogP contribution >= 0.6 is 11.6 Å². The van der Waals surface area contributed by atoms with Gasteiger partial charge in [-0.25, -0.2) is 9.78 Å². The summed E-state index contributed by atoms with van der Waals surface area (Å²) in [6.07, 6.45) is 1.71. The Morgan fingerprint density at radius 3 is 2.47 bits per heavy atom. The van der Waals surface area contributed by atoms with E-state index in [1.165, 1.54) is 0 Å². The smallest absolute Gasteiger partial charge is 0.337 e. The molecule has 7 heteroatoms. The lowest BCUT2D eigenvalue weighted by atomic mass is 9.74. The molecule has 2 heterocycles. The molecule has 2 aromatic carbocycles. The number of benzene rings is 2. The summed E-state index contributed by atoms with van der Waals surface area (Å²) in [4.78, 5) is 37.9. The van der Waals surface area contributed by atoms with Crippen LogP contribution in [-0.2, 0) is 11.3 Å². The number of H-pyrrole nitrogens is 1. The van der Waals surface area contributed by atoms with Crippen LogP contribution in [0.25, 0.3) is 22.8 Å². The number of β-lactam (4-membered cyclic amide) rings is 1. The third kappa shape index (κ3) is 3.63. The highest BCUT2D eigenvalue weighted by Gasteiger charge is 2.48. The highest BCUT2D eigenvalue weighted by molar-refractivity contribution is 6.33. The van der Waals surface area contributed by atoms with Gasteiger partial charge in [-0.2, -0.15) is 4.98 Å². The Kier molecular flexibility index (Phi) is 5.43. The minimum absolute atomic E-state index is 0.200. The zero-order chi connectivity index (χ0) is 21.3. The van der Waals surface area contributed by atoms with Crippen LogP contribution in [0.3, 0.4) is 0 Å². The second-order valence-corrected chi connectivity index (χ2v) is 8.06. The van der Waals surface area contributed by atoms with Gasteiger partial charge in [0.1, 0.15) is 5.82 Å². The molecule has 0 atom stereocenters. The van der Waals surface area contributed by atoms with Crippen LogP contribution in [0, 0.1) is 5.41 Å². The minimum Gasteiger partial charge on any atom is -0.337 e. The molecule has 0 aliphatic carbocycles. The maximum absolute atomic E-state index is 12.6. The third-order valence-electron chi connectivity index (χ3n) is 5.93. The van der Waals surface area contributed by atoms with Crippen LogP contribution in [-0.4, -0.2) is 32.3 Å². The second kappa shape index (κ2) is 8.03. The molecule has 0 unspecified atom stereocenters. The Morgan fingerprint density at radius 2 is 1.80 bits per heavy atom. The van der Waals surface area contributed by atoms with Crippen molar-refractivity contribution in [3.05, 3.63) is 69.6 Å². The predicted octanol–water partition coefficient (Wildman–Crippen LogP) is 4.30. The van der Waals surface area contributed by atoms with Crippen LogP contribution < -0.4 is 5.69 Å². The molecule has 0 radical (unpaired) electrons. The van der Waals surface area contributed by atoms with Crippen molar-refractivity contribution in [1.82, 2.24) is 19.9 Å². The van der Waals surface area contributed by atoms with Gasteiger partial charge >= 0.3 is 5.69 Å². The number of carbonyl (C=O) groups is 1. The van der Waals surface area contributed by atoms with Crippen LogP contribution in [0.15, 0.2) is 53.3 Å². The lowest BCUT2D eigenvalue weighted by Gasteiger charge is -2.48. The molecule has 1 aromatic heterocycles. The first-order valence-corrected chi connectivity index (χ1v) is 10.5. The van der Waals surface area contributed by atoms with Gasteiger partial charge in [-0.15, -0.1) is 0 Å². The van der Waals surface area contributed by atoms with Gasteiger partial charge < -0.3 is 4.90 Å². The molecule has 1 fully saturated rings. The van der Waals surface area contributed by atoms with Crippen molar-refractivity contribution in [3.8, 4) is 22.8 Å². The van der Waals surface area contributed by atoms with Gasteiger partial charge in [0.15, 0.2) is 5.82 Å². The number of nitrogens with one attached hydrogen (secondary N) is 1. The van der Waals surface area contributed by atoms with Crippen molar-refractivity contribution in [2.24, 2.45) is 5.41 Å². The van der Waals surface area contributed by atoms with Gasteiger partial charge in [-0.3, -0.25) is 9.78 Å². The summed E-state index contributed by atoms with van der Waals surface area (Å²) >= 11 is 6.42. The number of carbonyl (C=O) groups excluding carboxylic acids is 1. The number of rotatable bonds is 6. The van der Waals surface area contributed by atoms with E-state index < -0.39 is 5.69 Å². The van der Waals surface area contributed by atoms with E-state index in [9.17, 15) is 9.59 Å². The zero-order valence-corrected chi connectivity index (χ0v) is 17.7. The van der Waals surface area contributed by atoms with E-state index in [1.807, 2.05) is 47.4 Å². The first-order chi connectivity index (χ1) is 14.5. The molecule has 154 valence electrons. The molecule has 0 bridgehead atoms. The van der Waals surface area contributed by atoms with E-state index >= 15 is 0 Å². The lowest BCUT2D eigenvalue weighted by molar-refractivity contribution is -0.162. The quantitative estimate of drug-likeness (QED) is 0.600. The fourth-order valence-electron chi connectivity index (χ4n) is 3.95. The summed E-state index contributed by atoms with van der Waals surface area (Å²) in [6.45, 7) is 5.40. The maximum atomic E-state index is 12.6. The number of aromatic nitrogens is 3. The molecule has 30 heavy (non-hydrogen) atoms. The van der Waals surface area contributed by atoms with Gasteiger partial charge in [0.05, 0.1) is 10.4 Å². The molecule has 6 nitrogen and oxygen atoms in total. The van der Waals surface area contributed by atoms with Gasteiger partial charge in [-0.05, 0) is 30.5 Å². The summed E-state index contributed by atoms with van der Waals surface area (Å²) in [5.74, 6) is 0.891. The van der Waals surface area contributed by atoms with Gasteiger partial charge in [-0.1, -0.05) is 61.8 Å². The molecule has 3 aromatic rings. The topological polar surface area (TPSA) is 79.0 Å². The monoisotopic (exact) mass is 422 g/mol. The summed E-state index contributed by atoms with van der Waals surface area (Å²) in [5, 5.41) is 0.471. The van der Waals surface area contributed by atoms with E-state index in [4.69, 9.17) is 11.6 Å². The van der Waals surface area contributed by atoms with Crippen LogP contribution in [0.2, 0.25) is 5.02 Å². The number of hydrogen-bond acceptors (Lipinski definition) is 4. The maximum Gasteiger partial charge on any atom is 0.348 e. The largest absolute Gasteiger partial charge is 0.348 e. The fraction of sp³-hybridized carbons (Fsp3) is 0.304. The highest BCUT2D eigenvalue weighted by atomic mass is 35.5. The molecule has 1 aliphatic rings. The molecular weight excluding hydrogens is 400 g/mol. The predicted molar refractivity (Wildman–Crippen MR) is 117 cm³/mol. The SMILES string of the molecule is CCC1(CC)CN(Cc2ccc(Cl)c(-c3nc(-c4ccccc4)nc(=O)[nH]3)c2)C1=O. The van der Waals surface area contributed by atoms with Crippen molar-refractivity contribution in [1.29, 1.82) is 0 Å². The standard InChI is InChI=1S/C23H23ClN4O2/c1-3-23(4-2)14-28(21(23)29)13-15-10-11-18(24)17(12-15)20-25-19(26-22(30)27-20)16-8-6-5-7-9-16/h5-12H,3-4,13-14H2,1-2H3,(H,25,26,27,30). The van der Waals surface area contributed by atoms with E-state index in [0.717, 1.165) is 30.5 Å². The second-order valence-electron chi connectivity index (χ2n) is 7.65. The number of hydrogen-bond donors (Lipinski definition) is 1. The van der Waals surface area contributed by atoms with Crippen LogP contribution in [0.1, 0.15) is 32.3 Å². The van der Waals surface area contributed by atoms with E-state index in [0.29, 0.717) is 28.8 Å². The lowest BCUT2D eigenvalue weighted by Crippen LogP contribution is -2.60. The van der Waals surface area contributed by atoms with E-state index in [1.54, 1.807) is 6.07 Å². The molecule has 0 spiro atoms. The van der Waals surface area contributed by atoms with Crippen molar-refractivity contribution in [3.63, 3.8) is 0 Å². The molecule has 0 saturated carbocycles. The van der Waals surface area contributed by atoms with Crippen molar-refractivity contribution >= 4 is 17.5 Å². The molecule has 1 saturated heterocycles. The third-order valence-corrected chi connectivity index (χ3v) is 6.26. The van der Waals surface area contributed by atoms with Crippen LogP contribution in [0.4, 0.5) is 0 Å². The number of amides is 1. The van der Waals surface area contributed by atoms with Gasteiger partial charge in [0.2, 0.25) is 5.91 Å². The molecule has 4 rings (SSSR count). The Balaban J connectivity index is 1.64. The summed E-state index contributed by atoms with van der Waals surface area (Å²) < 4.78 is 0. The molecule has 1 amide bonds. The molecule has 1 N–H and O–H groups in total. The van der Waals surface area contributed by atoms with Gasteiger partial charge in [0.25, 0.3) is 0 Å². The fourth-order valence-corrected chi connectivity index (χ4v) is 4.16. The Hall–Kier alpha value is -2.99. The minimum atomic E-state index is -0.492. The Labute approximate surface area is 180 Å². The zero-order valence-electron chi connectivity index (χ0n) is 17.0. The first-order valence-electron chi connectivity index (χ1n) is 10.1. The summed E-state index contributed by atoms with van der Waals surface area (Å²) in [5.41, 5.74) is 1.59. The molecular formula is C23H23ClN4O2. The van der Waals surface area contributed by atoms with Crippen molar-refractivity contribution < 1.29 is 4.79 Å². The molecule has 1 aliphatic heterocycles. The number of aromatic amines is 1. The summed E-state index contributed by atoms with van der Waals surface area (Å²) in [7, 11) is 0. The Bertz CT molecular complexity index is 1140. The number of halogens is 1. The van der Waals surface area contributed by atoms with E-state index in [-0.39, 0.29) is 11.3 Å². The number of likely N-dealkylation sites (tertiary alicyclic amines) is 1. The van der Waals surface area contributed by atoms with Crippen molar-refractivity contribution in [2.75, 3.05) is 6.54 Å². The number of nitrogens with zero attached hydrogens (tertiary/aromatic N) is 3. The first kappa shape index (κ1) is 20.3.